The van der Waals surface area contributed by atoms with Crippen molar-refractivity contribution in [2.24, 2.45) is 0 Å². The number of aliphatic hydroxyl groups is 1. The molecule has 1 aromatic carbocycles. The minimum atomic E-state index is -0.548. The normalized spacial score (nSPS) is 15.6. The van der Waals surface area contributed by atoms with Crippen LogP contribution >= 0.6 is 0 Å². The van der Waals surface area contributed by atoms with Crippen molar-refractivity contribution < 1.29 is 19.0 Å². The maximum absolute atomic E-state index is 13.9. The fraction of sp³-hybridized carbons (Fsp3) is 0.438. The number of carbonyl (C=O) groups excluding carboxylic acids is 1. The van der Waals surface area contributed by atoms with E-state index in [0.717, 1.165) is 19.3 Å². The quantitative estimate of drug-likeness (QED) is 0.835. The Morgan fingerprint density at radius 3 is 2.81 bits per heavy atom. The van der Waals surface area contributed by atoms with Gasteiger partial charge in [0.15, 0.2) is 0 Å². The summed E-state index contributed by atoms with van der Waals surface area (Å²) in [4.78, 5) is 12.0. The average Bonchev–Trinajstić information content (AvgIpc) is 2.43. The molecule has 1 aliphatic rings. The van der Waals surface area contributed by atoms with Gasteiger partial charge in [-0.1, -0.05) is 11.8 Å². The van der Waals surface area contributed by atoms with Gasteiger partial charge in [-0.2, -0.15) is 0 Å². The molecular weight excluding hydrogens is 273 g/mol. The molecule has 0 saturated heterocycles. The van der Waals surface area contributed by atoms with Gasteiger partial charge in [0.05, 0.1) is 17.7 Å². The van der Waals surface area contributed by atoms with E-state index in [2.05, 4.69) is 17.2 Å². The van der Waals surface area contributed by atoms with Gasteiger partial charge in [0, 0.05) is 12.7 Å². The molecule has 0 unspecified atom stereocenters. The van der Waals surface area contributed by atoms with Gasteiger partial charge in [-0.3, -0.25) is 4.79 Å². The summed E-state index contributed by atoms with van der Waals surface area (Å²) in [5, 5.41) is 11.2. The summed E-state index contributed by atoms with van der Waals surface area (Å²) in [6.45, 7) is -0.279. The van der Waals surface area contributed by atoms with Crippen LogP contribution in [0.15, 0.2) is 18.2 Å². The molecule has 0 spiro atoms. The van der Waals surface area contributed by atoms with Crippen molar-refractivity contribution in [3.63, 3.8) is 0 Å². The Bertz CT molecular complexity index is 579. The Balaban J connectivity index is 2.00. The highest BCUT2D eigenvalue weighted by molar-refractivity contribution is 5.91. The van der Waals surface area contributed by atoms with E-state index in [4.69, 9.17) is 9.84 Å². The number of amides is 1. The van der Waals surface area contributed by atoms with Crippen LogP contribution in [0.5, 0.6) is 0 Å². The van der Waals surface area contributed by atoms with Crippen LogP contribution in [0.4, 0.5) is 10.1 Å². The molecule has 2 rings (SSSR count). The number of rotatable bonds is 4. The topological polar surface area (TPSA) is 58.6 Å². The number of hydrogen-bond donors (Lipinski definition) is 2. The fourth-order valence-electron chi connectivity index (χ4n) is 2.35. The molecule has 21 heavy (non-hydrogen) atoms. The smallest absolute Gasteiger partial charge is 0.227 e. The highest BCUT2D eigenvalue weighted by Crippen LogP contribution is 2.38. The second-order valence-electron chi connectivity index (χ2n) is 5.12. The molecule has 2 N–H and O–H groups in total. The lowest BCUT2D eigenvalue weighted by molar-refractivity contribution is -0.129. The molecule has 1 aliphatic carbocycles. The lowest BCUT2D eigenvalue weighted by Crippen LogP contribution is -2.42. The molecule has 1 amide bonds. The van der Waals surface area contributed by atoms with Gasteiger partial charge in [0.2, 0.25) is 5.91 Å². The molecular formula is C16H18FNO3. The van der Waals surface area contributed by atoms with Crippen molar-refractivity contribution >= 4 is 11.6 Å². The summed E-state index contributed by atoms with van der Waals surface area (Å²) in [7, 11) is 1.60. The van der Waals surface area contributed by atoms with Crippen LogP contribution in [0, 0.1) is 17.7 Å². The van der Waals surface area contributed by atoms with E-state index in [1.807, 2.05) is 0 Å². The van der Waals surface area contributed by atoms with Gasteiger partial charge in [-0.05, 0) is 37.5 Å². The number of carbonyl (C=O) groups is 1. The largest absolute Gasteiger partial charge is 0.384 e. The summed E-state index contributed by atoms with van der Waals surface area (Å²) in [5.41, 5.74) is 0.194. The van der Waals surface area contributed by atoms with E-state index >= 15 is 0 Å². The van der Waals surface area contributed by atoms with Crippen molar-refractivity contribution in [2.75, 3.05) is 19.0 Å². The number of methoxy groups -OCH3 is 1. The fourth-order valence-corrected chi connectivity index (χ4v) is 2.35. The molecule has 1 aromatic rings. The monoisotopic (exact) mass is 291 g/mol. The summed E-state index contributed by atoms with van der Waals surface area (Å²) in [5.74, 6) is 4.24. The molecule has 112 valence electrons. The standard InChI is InChI=1S/C16H18FNO3/c1-21-16(7-3-8-16)11-15(20)18-14-6-5-12(4-2-9-19)10-13(14)17/h5-6,10,19H,3,7-9,11H2,1H3,(H,18,20). The lowest BCUT2D eigenvalue weighted by Gasteiger charge is -2.39. The minimum absolute atomic E-state index is 0.125. The van der Waals surface area contributed by atoms with Gasteiger partial charge >= 0.3 is 0 Å². The van der Waals surface area contributed by atoms with Gasteiger partial charge in [0.25, 0.3) is 0 Å². The molecule has 0 heterocycles. The molecule has 5 heteroatoms. The molecule has 4 nitrogen and oxygen atoms in total. The first-order valence-corrected chi connectivity index (χ1v) is 6.83. The van der Waals surface area contributed by atoms with Gasteiger partial charge in [0.1, 0.15) is 12.4 Å². The zero-order chi connectivity index (χ0) is 15.3. The van der Waals surface area contributed by atoms with Crippen LogP contribution in [0.3, 0.4) is 0 Å². The van der Waals surface area contributed by atoms with Gasteiger partial charge < -0.3 is 15.2 Å². The van der Waals surface area contributed by atoms with Crippen molar-refractivity contribution in [3.8, 4) is 11.8 Å². The number of aliphatic hydroxyl groups excluding tert-OH is 1. The predicted octanol–water partition coefficient (Wildman–Crippen LogP) is 2.07. The Morgan fingerprint density at radius 1 is 1.52 bits per heavy atom. The van der Waals surface area contributed by atoms with E-state index in [1.54, 1.807) is 13.2 Å². The zero-order valence-electron chi connectivity index (χ0n) is 11.9. The zero-order valence-corrected chi connectivity index (χ0v) is 11.9. The van der Waals surface area contributed by atoms with Crippen LogP contribution in [-0.4, -0.2) is 30.3 Å². The van der Waals surface area contributed by atoms with E-state index in [-0.39, 0.29) is 30.2 Å². The van der Waals surface area contributed by atoms with Crippen LogP contribution in [-0.2, 0) is 9.53 Å². The summed E-state index contributed by atoms with van der Waals surface area (Å²) in [6.07, 6.45) is 2.99. The van der Waals surface area contributed by atoms with E-state index < -0.39 is 5.82 Å². The third-order valence-electron chi connectivity index (χ3n) is 3.74. The van der Waals surface area contributed by atoms with Crippen LogP contribution < -0.4 is 5.32 Å². The third kappa shape index (κ3) is 3.81. The number of anilines is 1. The minimum Gasteiger partial charge on any atom is -0.384 e. The van der Waals surface area contributed by atoms with Crippen molar-refractivity contribution in [3.05, 3.63) is 29.6 Å². The molecule has 0 radical (unpaired) electrons. The van der Waals surface area contributed by atoms with Gasteiger partial charge in [-0.25, -0.2) is 4.39 Å². The summed E-state index contributed by atoms with van der Waals surface area (Å²) in [6, 6.07) is 4.29. The first-order valence-electron chi connectivity index (χ1n) is 6.83. The second-order valence-corrected chi connectivity index (χ2v) is 5.12. The van der Waals surface area contributed by atoms with Gasteiger partial charge in [-0.15, -0.1) is 0 Å². The molecule has 1 saturated carbocycles. The molecule has 0 atom stereocenters. The highest BCUT2D eigenvalue weighted by Gasteiger charge is 2.39. The highest BCUT2D eigenvalue weighted by atomic mass is 19.1. The Labute approximate surface area is 123 Å². The summed E-state index contributed by atoms with van der Waals surface area (Å²) < 4.78 is 19.3. The molecule has 0 aromatic heterocycles. The number of ether oxygens (including phenoxy) is 1. The number of benzene rings is 1. The Kier molecular flexibility index (Phi) is 4.94. The Morgan fingerprint density at radius 2 is 2.29 bits per heavy atom. The number of hydrogen-bond acceptors (Lipinski definition) is 3. The van der Waals surface area contributed by atoms with Crippen molar-refractivity contribution in [1.29, 1.82) is 0 Å². The number of halogens is 1. The second kappa shape index (κ2) is 6.70. The van der Waals surface area contributed by atoms with E-state index in [0.29, 0.717) is 5.56 Å². The van der Waals surface area contributed by atoms with Crippen LogP contribution in [0.2, 0.25) is 0 Å². The predicted molar refractivity (Wildman–Crippen MR) is 77.2 cm³/mol. The molecule has 0 bridgehead atoms. The Hall–Kier alpha value is -1.90. The maximum atomic E-state index is 13.9. The van der Waals surface area contributed by atoms with E-state index in [9.17, 15) is 9.18 Å². The lowest BCUT2D eigenvalue weighted by atomic mass is 9.77. The third-order valence-corrected chi connectivity index (χ3v) is 3.74. The SMILES string of the molecule is COC1(CC(=O)Nc2ccc(C#CCO)cc2F)CCC1. The maximum Gasteiger partial charge on any atom is 0.227 e. The van der Waals surface area contributed by atoms with Crippen LogP contribution in [0.1, 0.15) is 31.2 Å². The summed E-state index contributed by atoms with van der Waals surface area (Å²) >= 11 is 0. The van der Waals surface area contributed by atoms with E-state index in [1.165, 1.54) is 12.1 Å². The average molecular weight is 291 g/mol. The number of nitrogens with one attached hydrogen (secondary N) is 1. The molecule has 0 aliphatic heterocycles. The first-order chi connectivity index (χ1) is 10.1. The van der Waals surface area contributed by atoms with Crippen molar-refractivity contribution in [2.45, 2.75) is 31.3 Å². The van der Waals surface area contributed by atoms with Crippen LogP contribution in [0.25, 0.3) is 0 Å². The first kappa shape index (κ1) is 15.5. The molecule has 1 fully saturated rings. The van der Waals surface area contributed by atoms with Crippen molar-refractivity contribution in [1.82, 2.24) is 0 Å².